The summed E-state index contributed by atoms with van der Waals surface area (Å²) < 4.78 is 22.2. The van der Waals surface area contributed by atoms with Crippen molar-refractivity contribution in [2.75, 3.05) is 31.7 Å². The number of carbonyl (C=O) groups excluding carboxylic acids is 1. The molecule has 0 bridgehead atoms. The minimum Gasteiger partial charge on any atom is -0.489 e. The van der Waals surface area contributed by atoms with E-state index < -0.39 is 0 Å². The van der Waals surface area contributed by atoms with Gasteiger partial charge in [0.15, 0.2) is 23.0 Å². The SMILES string of the molecule is O=C(/C=C/c1cc(Cl)c2c(c1)OCCCO2)Nc1ccc2c(c1)OCCO2. The fraction of sp³-hybridized carbons (Fsp3) is 0.250. The maximum Gasteiger partial charge on any atom is 0.248 e. The van der Waals surface area contributed by atoms with E-state index in [1.54, 1.807) is 36.4 Å². The van der Waals surface area contributed by atoms with E-state index in [2.05, 4.69) is 5.32 Å². The zero-order chi connectivity index (χ0) is 18.6. The molecule has 0 aromatic heterocycles. The maximum atomic E-state index is 12.2. The molecule has 0 aliphatic carbocycles. The number of anilines is 1. The second-order valence-corrected chi connectivity index (χ2v) is 6.47. The van der Waals surface area contributed by atoms with E-state index in [9.17, 15) is 4.79 Å². The number of benzene rings is 2. The fourth-order valence-electron chi connectivity index (χ4n) is 2.82. The van der Waals surface area contributed by atoms with Crippen LogP contribution in [0.25, 0.3) is 6.08 Å². The quantitative estimate of drug-likeness (QED) is 0.808. The van der Waals surface area contributed by atoms with Crippen LogP contribution in [0.3, 0.4) is 0 Å². The first-order valence-electron chi connectivity index (χ1n) is 8.67. The highest BCUT2D eigenvalue weighted by Crippen LogP contribution is 2.38. The summed E-state index contributed by atoms with van der Waals surface area (Å²) in [5.41, 5.74) is 1.38. The number of halogens is 1. The first kappa shape index (κ1) is 17.5. The number of carbonyl (C=O) groups is 1. The summed E-state index contributed by atoms with van der Waals surface area (Å²) in [5.74, 6) is 2.17. The number of fused-ring (bicyclic) bond motifs is 2. The Morgan fingerprint density at radius 1 is 0.926 bits per heavy atom. The molecule has 2 aliphatic heterocycles. The fourth-order valence-corrected chi connectivity index (χ4v) is 3.10. The van der Waals surface area contributed by atoms with E-state index in [1.165, 1.54) is 6.08 Å². The van der Waals surface area contributed by atoms with Crippen LogP contribution in [0.4, 0.5) is 5.69 Å². The van der Waals surface area contributed by atoms with Crippen molar-refractivity contribution in [1.82, 2.24) is 0 Å². The van der Waals surface area contributed by atoms with E-state index >= 15 is 0 Å². The van der Waals surface area contributed by atoms with E-state index in [1.807, 2.05) is 0 Å². The van der Waals surface area contributed by atoms with E-state index in [4.69, 9.17) is 30.5 Å². The lowest BCUT2D eigenvalue weighted by molar-refractivity contribution is -0.111. The molecule has 27 heavy (non-hydrogen) atoms. The van der Waals surface area contributed by atoms with Gasteiger partial charge in [-0.2, -0.15) is 0 Å². The van der Waals surface area contributed by atoms with E-state index in [0.29, 0.717) is 60.1 Å². The van der Waals surface area contributed by atoms with Crippen molar-refractivity contribution in [3.63, 3.8) is 0 Å². The lowest BCUT2D eigenvalue weighted by atomic mass is 10.2. The molecule has 4 rings (SSSR count). The van der Waals surface area contributed by atoms with Gasteiger partial charge < -0.3 is 24.3 Å². The lowest BCUT2D eigenvalue weighted by Crippen LogP contribution is -2.16. The molecule has 0 fully saturated rings. The Morgan fingerprint density at radius 3 is 2.59 bits per heavy atom. The van der Waals surface area contributed by atoms with Crippen LogP contribution in [-0.4, -0.2) is 32.3 Å². The summed E-state index contributed by atoms with van der Waals surface area (Å²) in [6.45, 7) is 2.16. The smallest absolute Gasteiger partial charge is 0.248 e. The van der Waals surface area contributed by atoms with Crippen LogP contribution in [0.15, 0.2) is 36.4 Å². The van der Waals surface area contributed by atoms with Gasteiger partial charge in [-0.25, -0.2) is 0 Å². The summed E-state index contributed by atoms with van der Waals surface area (Å²) in [4.78, 5) is 12.2. The first-order chi connectivity index (χ1) is 13.2. The molecular weight excluding hydrogens is 370 g/mol. The van der Waals surface area contributed by atoms with Gasteiger partial charge in [0, 0.05) is 24.3 Å². The molecule has 2 aromatic carbocycles. The minimum absolute atomic E-state index is 0.269. The van der Waals surface area contributed by atoms with E-state index in [0.717, 1.165) is 12.0 Å². The summed E-state index contributed by atoms with van der Waals surface area (Å²) in [6.07, 6.45) is 3.91. The van der Waals surface area contributed by atoms with Gasteiger partial charge in [-0.1, -0.05) is 11.6 Å². The summed E-state index contributed by atoms with van der Waals surface area (Å²) in [7, 11) is 0. The summed E-state index contributed by atoms with van der Waals surface area (Å²) in [5, 5.41) is 3.26. The van der Waals surface area contributed by atoms with Gasteiger partial charge in [0.2, 0.25) is 5.91 Å². The van der Waals surface area contributed by atoms with Crippen molar-refractivity contribution in [2.45, 2.75) is 6.42 Å². The Morgan fingerprint density at radius 2 is 1.70 bits per heavy atom. The van der Waals surface area contributed by atoms with Crippen molar-refractivity contribution >= 4 is 29.3 Å². The van der Waals surface area contributed by atoms with Crippen LogP contribution >= 0.6 is 11.6 Å². The van der Waals surface area contributed by atoms with Crippen LogP contribution in [0, 0.1) is 0 Å². The zero-order valence-corrected chi connectivity index (χ0v) is 15.3. The Hall–Kier alpha value is -2.86. The molecule has 2 aliphatic rings. The Labute approximate surface area is 161 Å². The van der Waals surface area contributed by atoms with Gasteiger partial charge in [0.05, 0.1) is 18.2 Å². The van der Waals surface area contributed by atoms with Gasteiger partial charge >= 0.3 is 0 Å². The standard InChI is InChI=1S/C20H18ClNO5/c21-15-10-13(11-18-20(15)27-7-1-6-24-18)2-5-19(23)22-14-3-4-16-17(12-14)26-9-8-25-16/h2-5,10-12H,1,6-9H2,(H,22,23)/b5-2+. The van der Waals surface area contributed by atoms with Gasteiger partial charge in [0.25, 0.3) is 0 Å². The predicted molar refractivity (Wildman–Crippen MR) is 102 cm³/mol. The second kappa shape index (κ2) is 7.80. The number of hydrogen-bond donors (Lipinski definition) is 1. The molecule has 2 aromatic rings. The maximum absolute atomic E-state index is 12.2. The topological polar surface area (TPSA) is 66.0 Å². The molecule has 7 heteroatoms. The van der Waals surface area contributed by atoms with E-state index in [-0.39, 0.29) is 5.91 Å². The van der Waals surface area contributed by atoms with Crippen molar-refractivity contribution in [3.05, 3.63) is 47.0 Å². The van der Waals surface area contributed by atoms with Crippen LogP contribution < -0.4 is 24.3 Å². The molecule has 0 unspecified atom stereocenters. The molecule has 0 saturated carbocycles. The molecule has 0 saturated heterocycles. The predicted octanol–water partition coefficient (Wildman–Crippen LogP) is 3.92. The second-order valence-electron chi connectivity index (χ2n) is 6.06. The first-order valence-corrected chi connectivity index (χ1v) is 9.05. The molecule has 0 spiro atoms. The normalized spacial score (nSPS) is 15.3. The van der Waals surface area contributed by atoms with Gasteiger partial charge in [-0.15, -0.1) is 0 Å². The third-order valence-electron chi connectivity index (χ3n) is 4.06. The minimum atomic E-state index is -0.269. The number of rotatable bonds is 3. The summed E-state index contributed by atoms with van der Waals surface area (Å²) >= 11 is 6.27. The molecule has 0 radical (unpaired) electrons. The monoisotopic (exact) mass is 387 g/mol. The molecule has 0 atom stereocenters. The highest BCUT2D eigenvalue weighted by atomic mass is 35.5. The number of hydrogen-bond acceptors (Lipinski definition) is 5. The molecule has 6 nitrogen and oxygen atoms in total. The van der Waals surface area contributed by atoms with Crippen LogP contribution in [0.1, 0.15) is 12.0 Å². The molecule has 1 N–H and O–H groups in total. The van der Waals surface area contributed by atoms with Crippen LogP contribution in [-0.2, 0) is 4.79 Å². The van der Waals surface area contributed by atoms with Crippen molar-refractivity contribution < 1.29 is 23.7 Å². The third kappa shape index (κ3) is 4.11. The van der Waals surface area contributed by atoms with Crippen molar-refractivity contribution in [1.29, 1.82) is 0 Å². The molecular formula is C20H18ClNO5. The van der Waals surface area contributed by atoms with Crippen molar-refractivity contribution in [2.24, 2.45) is 0 Å². The van der Waals surface area contributed by atoms with Crippen molar-refractivity contribution in [3.8, 4) is 23.0 Å². The van der Waals surface area contributed by atoms with Crippen LogP contribution in [0.5, 0.6) is 23.0 Å². The number of ether oxygens (including phenoxy) is 4. The average Bonchev–Trinajstić information content (AvgIpc) is 2.92. The zero-order valence-electron chi connectivity index (χ0n) is 14.5. The Bertz CT molecular complexity index is 896. The highest BCUT2D eigenvalue weighted by Gasteiger charge is 2.15. The number of amides is 1. The molecule has 1 amide bonds. The third-order valence-corrected chi connectivity index (χ3v) is 4.34. The largest absolute Gasteiger partial charge is 0.489 e. The Balaban J connectivity index is 1.46. The lowest BCUT2D eigenvalue weighted by Gasteiger charge is -2.18. The molecule has 2 heterocycles. The van der Waals surface area contributed by atoms with Gasteiger partial charge in [-0.3, -0.25) is 4.79 Å². The highest BCUT2D eigenvalue weighted by molar-refractivity contribution is 6.32. The molecule has 140 valence electrons. The van der Waals surface area contributed by atoms with Gasteiger partial charge in [0.1, 0.15) is 13.2 Å². The Kier molecular flexibility index (Phi) is 5.07. The van der Waals surface area contributed by atoms with Gasteiger partial charge in [-0.05, 0) is 35.9 Å². The van der Waals surface area contributed by atoms with Crippen LogP contribution in [0.2, 0.25) is 5.02 Å². The average molecular weight is 388 g/mol. The summed E-state index contributed by atoms with van der Waals surface area (Å²) in [6, 6.07) is 8.83. The number of nitrogens with one attached hydrogen (secondary N) is 1.